The van der Waals surface area contributed by atoms with E-state index in [1.54, 1.807) is 29.5 Å². The molecule has 10 heteroatoms. The molecule has 0 spiro atoms. The number of benzene rings is 2. The molecule has 3 aromatic heterocycles. The molecule has 32 heavy (non-hydrogen) atoms. The van der Waals surface area contributed by atoms with Crippen molar-refractivity contribution in [1.29, 1.82) is 0 Å². The molecular formula is C22H18N6O2S2. The highest BCUT2D eigenvalue weighted by Crippen LogP contribution is 2.40. The van der Waals surface area contributed by atoms with Gasteiger partial charge in [0.2, 0.25) is 5.16 Å². The lowest BCUT2D eigenvalue weighted by molar-refractivity contribution is 0.337. The van der Waals surface area contributed by atoms with Gasteiger partial charge in [0, 0.05) is 10.9 Å². The Kier molecular flexibility index (Phi) is 5.70. The Morgan fingerprint density at radius 3 is 2.72 bits per heavy atom. The maximum absolute atomic E-state index is 5.76. The number of ether oxygens (including phenoxy) is 2. The summed E-state index contributed by atoms with van der Waals surface area (Å²) in [5.74, 6) is 1.53. The highest BCUT2D eigenvalue weighted by atomic mass is 32.2. The largest absolute Gasteiger partial charge is 0.497 e. The minimum Gasteiger partial charge on any atom is -0.497 e. The summed E-state index contributed by atoms with van der Waals surface area (Å²) in [6.45, 7) is 2.50. The normalized spacial score (nSPS) is 11.1. The van der Waals surface area contributed by atoms with Crippen molar-refractivity contribution in [1.82, 2.24) is 30.2 Å². The number of fused-ring (bicyclic) bond motifs is 1. The fraction of sp³-hybridized carbons (Fsp3) is 0.136. The van der Waals surface area contributed by atoms with Crippen molar-refractivity contribution in [3.05, 3.63) is 60.2 Å². The lowest BCUT2D eigenvalue weighted by Gasteiger charge is -2.10. The van der Waals surface area contributed by atoms with E-state index in [0.717, 1.165) is 37.8 Å². The summed E-state index contributed by atoms with van der Waals surface area (Å²) < 4.78 is 12.7. The van der Waals surface area contributed by atoms with Crippen LogP contribution >= 0.6 is 23.1 Å². The number of thiophene rings is 1. The van der Waals surface area contributed by atoms with E-state index in [0.29, 0.717) is 17.5 Å². The smallest absolute Gasteiger partial charge is 0.220 e. The van der Waals surface area contributed by atoms with E-state index in [1.807, 2.05) is 55.5 Å². The van der Waals surface area contributed by atoms with Gasteiger partial charge in [0.15, 0.2) is 0 Å². The van der Waals surface area contributed by atoms with Gasteiger partial charge in [-0.15, -0.1) is 16.4 Å². The summed E-state index contributed by atoms with van der Waals surface area (Å²) in [6, 6.07) is 15.6. The maximum Gasteiger partial charge on any atom is 0.220 e. The molecule has 0 unspecified atom stereocenters. The van der Waals surface area contributed by atoms with Crippen molar-refractivity contribution in [2.24, 2.45) is 0 Å². The number of para-hydroxylation sites is 2. The average Bonchev–Trinajstić information content (AvgIpc) is 3.47. The highest BCUT2D eigenvalue weighted by molar-refractivity contribution is 7.99. The lowest BCUT2D eigenvalue weighted by atomic mass is 10.1. The third kappa shape index (κ3) is 3.78. The minimum atomic E-state index is 0.550. The molecule has 0 saturated carbocycles. The molecule has 2 aromatic carbocycles. The van der Waals surface area contributed by atoms with E-state index in [-0.39, 0.29) is 0 Å². The molecule has 0 aliphatic carbocycles. The standard InChI is InChI=1S/C22H18N6O2S2/c1-3-30-18-7-5-4-6-17(18)28-22(25-26-27-28)32-21-19-16(12-31-20(19)23-13-24-21)14-8-10-15(29-2)11-9-14/h4-13H,3H2,1-2H3. The quantitative estimate of drug-likeness (QED) is 0.316. The van der Waals surface area contributed by atoms with E-state index in [1.165, 1.54) is 11.8 Å². The number of rotatable bonds is 7. The van der Waals surface area contributed by atoms with Gasteiger partial charge in [0.1, 0.15) is 33.4 Å². The zero-order valence-corrected chi connectivity index (χ0v) is 18.9. The predicted molar refractivity (Wildman–Crippen MR) is 124 cm³/mol. The van der Waals surface area contributed by atoms with Crippen molar-refractivity contribution in [2.75, 3.05) is 13.7 Å². The van der Waals surface area contributed by atoms with Gasteiger partial charge in [-0.1, -0.05) is 24.3 Å². The average molecular weight is 463 g/mol. The van der Waals surface area contributed by atoms with Crippen LogP contribution in [-0.4, -0.2) is 43.9 Å². The van der Waals surface area contributed by atoms with E-state index >= 15 is 0 Å². The number of nitrogens with zero attached hydrogens (tertiary/aromatic N) is 6. The highest BCUT2D eigenvalue weighted by Gasteiger charge is 2.19. The molecule has 5 aromatic rings. The summed E-state index contributed by atoms with van der Waals surface area (Å²) in [4.78, 5) is 9.93. The second kappa shape index (κ2) is 8.93. The third-order valence-corrected chi connectivity index (χ3v) is 6.59. The molecule has 0 bridgehead atoms. The van der Waals surface area contributed by atoms with Crippen LogP contribution in [0.25, 0.3) is 27.0 Å². The Bertz CT molecular complexity index is 1370. The third-order valence-electron chi connectivity index (χ3n) is 4.76. The van der Waals surface area contributed by atoms with Crippen LogP contribution in [-0.2, 0) is 0 Å². The van der Waals surface area contributed by atoms with Crippen LogP contribution in [0.15, 0.2) is 70.4 Å². The molecule has 0 fully saturated rings. The lowest BCUT2D eigenvalue weighted by Crippen LogP contribution is -2.03. The zero-order valence-electron chi connectivity index (χ0n) is 17.3. The molecule has 5 rings (SSSR count). The second-order valence-electron chi connectivity index (χ2n) is 6.61. The fourth-order valence-corrected chi connectivity index (χ4v) is 5.16. The Labute approximate surface area is 192 Å². The number of hydrogen-bond donors (Lipinski definition) is 0. The van der Waals surface area contributed by atoms with E-state index in [2.05, 4.69) is 30.9 Å². The number of tetrazole rings is 1. The van der Waals surface area contributed by atoms with Crippen LogP contribution in [0.5, 0.6) is 11.5 Å². The zero-order chi connectivity index (χ0) is 21.9. The van der Waals surface area contributed by atoms with Crippen LogP contribution in [0, 0.1) is 0 Å². The van der Waals surface area contributed by atoms with Crippen molar-refractivity contribution in [2.45, 2.75) is 17.1 Å². The maximum atomic E-state index is 5.76. The first-order valence-electron chi connectivity index (χ1n) is 9.83. The van der Waals surface area contributed by atoms with Crippen molar-refractivity contribution >= 4 is 33.3 Å². The fourth-order valence-electron chi connectivity index (χ4n) is 3.30. The van der Waals surface area contributed by atoms with Crippen LogP contribution in [0.3, 0.4) is 0 Å². The van der Waals surface area contributed by atoms with Gasteiger partial charge in [0.05, 0.1) is 19.1 Å². The predicted octanol–water partition coefficient (Wildman–Crippen LogP) is 4.89. The van der Waals surface area contributed by atoms with E-state index in [4.69, 9.17) is 9.47 Å². The molecule has 3 heterocycles. The van der Waals surface area contributed by atoms with E-state index in [9.17, 15) is 0 Å². The molecule has 0 amide bonds. The summed E-state index contributed by atoms with van der Waals surface area (Å²) in [7, 11) is 1.66. The van der Waals surface area contributed by atoms with Crippen molar-refractivity contribution in [3.8, 4) is 28.3 Å². The van der Waals surface area contributed by atoms with Crippen molar-refractivity contribution < 1.29 is 9.47 Å². The SMILES string of the molecule is CCOc1ccccc1-n1nnnc1Sc1ncnc2scc(-c3ccc(OC)cc3)c12. The van der Waals surface area contributed by atoms with Gasteiger partial charge in [0.25, 0.3) is 0 Å². The van der Waals surface area contributed by atoms with E-state index < -0.39 is 0 Å². The van der Waals surface area contributed by atoms with Crippen LogP contribution in [0.1, 0.15) is 6.92 Å². The van der Waals surface area contributed by atoms with Gasteiger partial charge in [-0.2, -0.15) is 4.68 Å². The second-order valence-corrected chi connectivity index (χ2v) is 8.43. The van der Waals surface area contributed by atoms with Crippen molar-refractivity contribution in [3.63, 3.8) is 0 Å². The molecule has 0 atom stereocenters. The molecule has 8 nitrogen and oxygen atoms in total. The number of hydrogen-bond acceptors (Lipinski definition) is 9. The minimum absolute atomic E-state index is 0.550. The topological polar surface area (TPSA) is 87.8 Å². The Morgan fingerprint density at radius 1 is 1.06 bits per heavy atom. The molecule has 0 saturated heterocycles. The first-order chi connectivity index (χ1) is 15.8. The van der Waals surface area contributed by atoms with Gasteiger partial charge in [-0.25, -0.2) is 9.97 Å². The Hall–Kier alpha value is -3.50. The van der Waals surface area contributed by atoms with Crippen LogP contribution < -0.4 is 9.47 Å². The monoisotopic (exact) mass is 462 g/mol. The molecule has 0 aliphatic heterocycles. The molecule has 0 radical (unpaired) electrons. The molecule has 0 aliphatic rings. The first kappa shape index (κ1) is 20.4. The van der Waals surface area contributed by atoms with Crippen LogP contribution in [0.4, 0.5) is 0 Å². The number of aromatic nitrogens is 6. The van der Waals surface area contributed by atoms with Gasteiger partial charge < -0.3 is 9.47 Å². The van der Waals surface area contributed by atoms with Gasteiger partial charge in [-0.05, 0) is 58.9 Å². The van der Waals surface area contributed by atoms with Gasteiger partial charge in [-0.3, -0.25) is 0 Å². The first-order valence-corrected chi connectivity index (χ1v) is 11.5. The molecule has 160 valence electrons. The Morgan fingerprint density at radius 2 is 1.91 bits per heavy atom. The van der Waals surface area contributed by atoms with Crippen LogP contribution in [0.2, 0.25) is 0 Å². The molecule has 0 N–H and O–H groups in total. The summed E-state index contributed by atoms with van der Waals surface area (Å²) >= 11 is 2.98. The summed E-state index contributed by atoms with van der Waals surface area (Å²) in [5.41, 5.74) is 2.90. The van der Waals surface area contributed by atoms with Gasteiger partial charge >= 0.3 is 0 Å². The number of methoxy groups -OCH3 is 1. The Balaban J connectivity index is 1.57. The summed E-state index contributed by atoms with van der Waals surface area (Å²) in [5, 5.41) is 16.8. The molecular weight excluding hydrogens is 444 g/mol. The summed E-state index contributed by atoms with van der Waals surface area (Å²) in [6.07, 6.45) is 1.57.